The second-order valence-electron chi connectivity index (χ2n) is 8.15. The van der Waals surface area contributed by atoms with Gasteiger partial charge < -0.3 is 24.5 Å². The Morgan fingerprint density at radius 1 is 1.14 bits per heavy atom. The maximum absolute atomic E-state index is 13.4. The molecule has 180 valence electrons. The van der Waals surface area contributed by atoms with Gasteiger partial charge in [-0.15, -0.1) is 0 Å². The molecule has 0 radical (unpaired) electrons. The first-order valence-corrected chi connectivity index (χ1v) is 10.9. The minimum atomic E-state index is -0.929. The number of carbonyl (C=O) groups excluding carboxylic acids is 3. The van der Waals surface area contributed by atoms with Crippen molar-refractivity contribution in [1.82, 2.24) is 14.9 Å². The number of aliphatic hydroxyl groups excluding tert-OH is 1. The predicted octanol–water partition coefficient (Wildman–Crippen LogP) is 3.44. The van der Waals surface area contributed by atoms with E-state index in [1.165, 1.54) is 19.1 Å². The molecule has 0 spiro atoms. The first-order valence-electron chi connectivity index (χ1n) is 10.9. The molecule has 1 atom stereocenters. The molecule has 0 unspecified atom stereocenters. The van der Waals surface area contributed by atoms with Gasteiger partial charge in [0.15, 0.2) is 0 Å². The molecule has 3 heterocycles. The lowest BCUT2D eigenvalue weighted by Gasteiger charge is -2.26. The van der Waals surface area contributed by atoms with Crippen molar-refractivity contribution in [1.29, 1.82) is 0 Å². The second kappa shape index (κ2) is 9.46. The summed E-state index contributed by atoms with van der Waals surface area (Å²) in [6, 6.07) is 9.63. The number of nitrogens with one attached hydrogen (secondary N) is 1. The van der Waals surface area contributed by atoms with Crippen LogP contribution in [0.15, 0.2) is 54.4 Å². The number of methoxy groups -OCH3 is 2. The quantitative estimate of drug-likeness (QED) is 0.242. The van der Waals surface area contributed by atoms with Crippen LogP contribution in [0.4, 0.5) is 0 Å². The number of benzene rings is 1. The third-order valence-corrected chi connectivity index (χ3v) is 6.11. The Balaban J connectivity index is 1.95. The normalized spacial score (nSPS) is 17.0. The zero-order chi connectivity index (χ0) is 25.3. The zero-order valence-electron chi connectivity index (χ0n) is 19.8. The van der Waals surface area contributed by atoms with Gasteiger partial charge in [0.05, 0.1) is 25.8 Å². The number of aromatic nitrogens is 2. The number of nitrogens with zero attached hydrogens (tertiary/aromatic N) is 2. The lowest BCUT2D eigenvalue weighted by Crippen LogP contribution is -2.29. The Bertz CT molecular complexity index is 1340. The molecule has 1 amide bonds. The van der Waals surface area contributed by atoms with Gasteiger partial charge in [-0.05, 0) is 37.1 Å². The molecule has 9 heteroatoms. The van der Waals surface area contributed by atoms with Crippen molar-refractivity contribution < 1.29 is 29.0 Å². The number of amides is 1. The molecule has 1 aliphatic rings. The molecular formula is C26H25N3O6. The molecule has 3 aromatic rings. The number of H-pyrrole nitrogens is 1. The maximum Gasteiger partial charge on any atom is 0.354 e. The molecule has 0 aliphatic carbocycles. The van der Waals surface area contributed by atoms with Crippen molar-refractivity contribution in [3.05, 3.63) is 88.0 Å². The summed E-state index contributed by atoms with van der Waals surface area (Å²) >= 11 is 0. The van der Waals surface area contributed by atoms with Gasteiger partial charge in [-0.25, -0.2) is 4.79 Å². The molecule has 1 saturated heterocycles. The summed E-state index contributed by atoms with van der Waals surface area (Å²) in [7, 11) is 2.75. The summed E-state index contributed by atoms with van der Waals surface area (Å²) in [5.74, 6) is -2.12. The van der Waals surface area contributed by atoms with Gasteiger partial charge in [0.2, 0.25) is 0 Å². The number of aromatic amines is 1. The smallest absolute Gasteiger partial charge is 0.354 e. The van der Waals surface area contributed by atoms with Crippen LogP contribution in [0.2, 0.25) is 0 Å². The molecule has 1 fully saturated rings. The molecule has 35 heavy (non-hydrogen) atoms. The largest absolute Gasteiger partial charge is 0.507 e. The van der Waals surface area contributed by atoms with E-state index in [1.807, 2.05) is 0 Å². The monoisotopic (exact) mass is 475 g/mol. The number of Topliss-reactive ketones (excluding diaryl/α,β-unsaturated/α-hetero) is 1. The van der Waals surface area contributed by atoms with Crippen LogP contribution in [0.5, 0.6) is 5.75 Å². The molecule has 1 aromatic carbocycles. The van der Waals surface area contributed by atoms with Crippen LogP contribution in [0.25, 0.3) is 5.76 Å². The summed E-state index contributed by atoms with van der Waals surface area (Å²) in [5.41, 5.74) is 2.45. The van der Waals surface area contributed by atoms with Crippen LogP contribution in [0, 0.1) is 13.8 Å². The molecule has 4 rings (SSSR count). The lowest BCUT2D eigenvalue weighted by molar-refractivity contribution is -0.140. The van der Waals surface area contributed by atoms with E-state index in [-0.39, 0.29) is 29.1 Å². The number of hydrogen-bond acceptors (Lipinski definition) is 7. The fraction of sp³-hybridized carbons (Fsp3) is 0.231. The Morgan fingerprint density at radius 3 is 2.54 bits per heavy atom. The number of para-hydroxylation sites is 1. The van der Waals surface area contributed by atoms with E-state index in [2.05, 4.69) is 9.97 Å². The Morgan fingerprint density at radius 2 is 1.89 bits per heavy atom. The molecular weight excluding hydrogens is 450 g/mol. The number of aliphatic hydroxyl groups is 1. The van der Waals surface area contributed by atoms with E-state index in [0.717, 1.165) is 5.56 Å². The number of rotatable bonds is 6. The van der Waals surface area contributed by atoms with Gasteiger partial charge in [-0.3, -0.25) is 14.6 Å². The minimum Gasteiger partial charge on any atom is -0.507 e. The highest BCUT2D eigenvalue weighted by molar-refractivity contribution is 6.46. The minimum absolute atomic E-state index is 0.0926. The van der Waals surface area contributed by atoms with E-state index in [1.54, 1.807) is 62.6 Å². The van der Waals surface area contributed by atoms with Gasteiger partial charge in [0, 0.05) is 35.8 Å². The molecule has 1 aliphatic heterocycles. The molecule has 0 bridgehead atoms. The SMILES string of the molecule is COC(=O)c1[nH]c(C)c(/C(O)=C2\C(=O)C(=O)N(Cc3cccnc3)[C@@H]2c2ccccc2OC)c1C. The van der Waals surface area contributed by atoms with Gasteiger partial charge in [0.25, 0.3) is 11.7 Å². The highest BCUT2D eigenvalue weighted by atomic mass is 16.5. The van der Waals surface area contributed by atoms with Gasteiger partial charge in [-0.1, -0.05) is 24.3 Å². The summed E-state index contributed by atoms with van der Waals surface area (Å²) in [4.78, 5) is 47.2. The maximum atomic E-state index is 13.4. The van der Waals surface area contributed by atoms with Gasteiger partial charge in [-0.2, -0.15) is 0 Å². The van der Waals surface area contributed by atoms with Crippen LogP contribution in [0.3, 0.4) is 0 Å². The number of esters is 1. The molecule has 0 saturated carbocycles. The zero-order valence-corrected chi connectivity index (χ0v) is 19.8. The van der Waals surface area contributed by atoms with E-state index in [9.17, 15) is 19.5 Å². The van der Waals surface area contributed by atoms with Crippen molar-refractivity contribution in [2.24, 2.45) is 0 Å². The van der Waals surface area contributed by atoms with Crippen LogP contribution in [0.1, 0.15) is 44.5 Å². The fourth-order valence-corrected chi connectivity index (χ4v) is 4.49. The highest BCUT2D eigenvalue weighted by Gasteiger charge is 2.47. The van der Waals surface area contributed by atoms with Crippen molar-refractivity contribution in [3.8, 4) is 5.75 Å². The third-order valence-electron chi connectivity index (χ3n) is 6.11. The summed E-state index contributed by atoms with van der Waals surface area (Å²) in [6.45, 7) is 3.39. The van der Waals surface area contributed by atoms with Crippen LogP contribution >= 0.6 is 0 Å². The average molecular weight is 476 g/mol. The van der Waals surface area contributed by atoms with Gasteiger partial charge in [0.1, 0.15) is 17.2 Å². The number of pyridine rings is 1. The number of aryl methyl sites for hydroxylation is 1. The molecule has 2 aromatic heterocycles. The molecule has 2 N–H and O–H groups in total. The first-order chi connectivity index (χ1) is 16.8. The van der Waals surface area contributed by atoms with Gasteiger partial charge >= 0.3 is 5.97 Å². The average Bonchev–Trinajstić information content (AvgIpc) is 3.31. The van der Waals surface area contributed by atoms with Crippen molar-refractivity contribution in [2.45, 2.75) is 26.4 Å². The standard InChI is InChI=1S/C26H25N3O6/c1-14-19(15(2)28-21(14)26(33)35-4)23(30)20-22(17-9-5-6-10-18(17)34-3)29(25(32)24(20)31)13-16-8-7-11-27-12-16/h5-12,22,28,30H,13H2,1-4H3/b23-20+/t22-/m1/s1. The Hall–Kier alpha value is -4.40. The highest BCUT2D eigenvalue weighted by Crippen LogP contribution is 2.44. The van der Waals surface area contributed by atoms with E-state index < -0.39 is 23.7 Å². The second-order valence-corrected chi connectivity index (χ2v) is 8.15. The van der Waals surface area contributed by atoms with Crippen LogP contribution < -0.4 is 4.74 Å². The summed E-state index contributed by atoms with van der Waals surface area (Å²) < 4.78 is 10.3. The van der Waals surface area contributed by atoms with Crippen molar-refractivity contribution >= 4 is 23.4 Å². The number of likely N-dealkylation sites (tertiary alicyclic amines) is 1. The third kappa shape index (κ3) is 4.05. The van der Waals surface area contributed by atoms with E-state index in [4.69, 9.17) is 9.47 Å². The van der Waals surface area contributed by atoms with Crippen LogP contribution in [-0.2, 0) is 20.9 Å². The fourth-order valence-electron chi connectivity index (χ4n) is 4.49. The van der Waals surface area contributed by atoms with Crippen molar-refractivity contribution in [3.63, 3.8) is 0 Å². The van der Waals surface area contributed by atoms with Crippen LogP contribution in [-0.4, -0.2) is 51.9 Å². The van der Waals surface area contributed by atoms with E-state index in [0.29, 0.717) is 22.6 Å². The number of carbonyl (C=O) groups is 3. The summed E-state index contributed by atoms with van der Waals surface area (Å²) in [5, 5.41) is 11.5. The number of hydrogen-bond donors (Lipinski definition) is 2. The lowest BCUT2D eigenvalue weighted by atomic mass is 9.93. The molecule has 9 nitrogen and oxygen atoms in total. The predicted molar refractivity (Wildman–Crippen MR) is 127 cm³/mol. The first kappa shape index (κ1) is 23.7. The van der Waals surface area contributed by atoms with Crippen molar-refractivity contribution in [2.75, 3.05) is 14.2 Å². The van der Waals surface area contributed by atoms with E-state index >= 15 is 0 Å². The Labute approximate surface area is 202 Å². The topological polar surface area (TPSA) is 122 Å². The summed E-state index contributed by atoms with van der Waals surface area (Å²) in [6.07, 6.45) is 3.23. The number of ether oxygens (including phenoxy) is 2. The number of ketones is 1. The Kier molecular flexibility index (Phi) is 6.42.